The van der Waals surface area contributed by atoms with Crippen LogP contribution in [-0.2, 0) is 4.79 Å². The molecule has 1 fully saturated rings. The molecule has 7 nitrogen and oxygen atoms in total. The van der Waals surface area contributed by atoms with Crippen LogP contribution in [0, 0.1) is 0 Å². The third-order valence-corrected chi connectivity index (χ3v) is 2.71. The number of aliphatic carboxylic acids is 1. The van der Waals surface area contributed by atoms with Crippen LogP contribution in [-0.4, -0.2) is 39.7 Å². The van der Waals surface area contributed by atoms with Gasteiger partial charge in [-0.3, -0.25) is 9.59 Å². The zero-order valence-corrected chi connectivity index (χ0v) is 8.51. The van der Waals surface area contributed by atoms with Crippen LogP contribution < -0.4 is 16.2 Å². The van der Waals surface area contributed by atoms with Crippen LogP contribution in [0.3, 0.4) is 0 Å². The molecule has 0 amide bonds. The number of hydrogen-bond donors (Lipinski definition) is 3. The number of nitrogens with two attached hydrogens (primary N) is 1. The molecule has 1 aliphatic rings. The van der Waals surface area contributed by atoms with Crippen LogP contribution in [0.5, 0.6) is 0 Å². The molecule has 4 N–H and O–H groups in total. The Balaban J connectivity index is 2.21. The highest BCUT2D eigenvalue weighted by Gasteiger charge is 2.41. The Hall–Kier alpha value is -1.89. The summed E-state index contributed by atoms with van der Waals surface area (Å²) in [6.45, 7) is 0.651. The fourth-order valence-electron chi connectivity index (χ4n) is 1.73. The number of carbonyl (C=O) groups is 1. The lowest BCUT2D eigenvalue weighted by atomic mass is 10.0. The number of rotatable bonds is 2. The molecule has 2 heterocycles. The second-order valence-electron chi connectivity index (χ2n) is 3.90. The molecule has 1 atom stereocenters. The van der Waals surface area contributed by atoms with Crippen molar-refractivity contribution in [3.05, 3.63) is 22.7 Å². The van der Waals surface area contributed by atoms with E-state index in [1.54, 1.807) is 4.90 Å². The second kappa shape index (κ2) is 3.60. The highest BCUT2D eigenvalue weighted by Crippen LogP contribution is 2.22. The Kier molecular flexibility index (Phi) is 2.39. The average Bonchev–Trinajstić information content (AvgIpc) is 2.62. The molecule has 0 aromatic carbocycles. The lowest BCUT2D eigenvalue weighted by Crippen LogP contribution is -2.50. The molecule has 0 bridgehead atoms. The standard InChI is InChI=1S/C9H12N4O3/c10-9(8(15)16)1-2-13(4-9)6-3-7(14)12-5-11-6/h3,5H,1-2,4,10H2,(H,15,16)(H,11,12,14). The Labute approximate surface area is 90.9 Å². The first-order chi connectivity index (χ1) is 7.51. The van der Waals surface area contributed by atoms with E-state index in [4.69, 9.17) is 10.8 Å². The Bertz CT molecular complexity index is 472. The predicted molar refractivity (Wildman–Crippen MR) is 56.2 cm³/mol. The number of anilines is 1. The monoisotopic (exact) mass is 224 g/mol. The summed E-state index contributed by atoms with van der Waals surface area (Å²) in [6, 6.07) is 1.33. The van der Waals surface area contributed by atoms with E-state index >= 15 is 0 Å². The minimum absolute atomic E-state index is 0.165. The summed E-state index contributed by atoms with van der Waals surface area (Å²) in [4.78, 5) is 30.1. The maximum Gasteiger partial charge on any atom is 0.325 e. The number of nitrogens with one attached hydrogen (secondary N) is 1. The van der Waals surface area contributed by atoms with E-state index in [0.29, 0.717) is 18.8 Å². The summed E-state index contributed by atoms with van der Waals surface area (Å²) in [5, 5.41) is 8.95. The molecule has 1 saturated heterocycles. The first kappa shape index (κ1) is 10.6. The van der Waals surface area contributed by atoms with E-state index in [1.165, 1.54) is 12.4 Å². The molecule has 0 spiro atoms. The largest absolute Gasteiger partial charge is 0.480 e. The quantitative estimate of drug-likeness (QED) is 0.579. The number of hydrogen-bond acceptors (Lipinski definition) is 5. The zero-order chi connectivity index (χ0) is 11.8. The summed E-state index contributed by atoms with van der Waals surface area (Å²) in [5.74, 6) is -0.572. The summed E-state index contributed by atoms with van der Waals surface area (Å²) < 4.78 is 0. The Morgan fingerprint density at radius 1 is 1.69 bits per heavy atom. The third kappa shape index (κ3) is 1.76. The van der Waals surface area contributed by atoms with Gasteiger partial charge in [-0.15, -0.1) is 0 Å². The number of aromatic amines is 1. The van der Waals surface area contributed by atoms with E-state index in [-0.39, 0.29) is 12.1 Å². The van der Waals surface area contributed by atoms with Gasteiger partial charge < -0.3 is 20.7 Å². The number of carboxylic acids is 1. The van der Waals surface area contributed by atoms with Crippen molar-refractivity contribution in [2.45, 2.75) is 12.0 Å². The van der Waals surface area contributed by atoms with E-state index in [1.807, 2.05) is 0 Å². The molecule has 1 aromatic rings. The highest BCUT2D eigenvalue weighted by molar-refractivity contribution is 5.80. The van der Waals surface area contributed by atoms with E-state index in [0.717, 1.165) is 0 Å². The van der Waals surface area contributed by atoms with Crippen molar-refractivity contribution in [3.8, 4) is 0 Å². The first-order valence-electron chi connectivity index (χ1n) is 4.83. The van der Waals surface area contributed by atoms with Gasteiger partial charge in [0.25, 0.3) is 5.56 Å². The van der Waals surface area contributed by atoms with Gasteiger partial charge in [0.15, 0.2) is 0 Å². The zero-order valence-electron chi connectivity index (χ0n) is 8.51. The Morgan fingerprint density at radius 3 is 3.00 bits per heavy atom. The van der Waals surface area contributed by atoms with Crippen molar-refractivity contribution >= 4 is 11.8 Å². The van der Waals surface area contributed by atoms with Crippen LogP contribution in [0.1, 0.15) is 6.42 Å². The molecule has 0 aliphatic carbocycles. The van der Waals surface area contributed by atoms with Gasteiger partial charge in [0, 0.05) is 19.2 Å². The molecule has 0 saturated carbocycles. The minimum Gasteiger partial charge on any atom is -0.480 e. The smallest absolute Gasteiger partial charge is 0.325 e. The normalized spacial score (nSPS) is 24.7. The van der Waals surface area contributed by atoms with Crippen molar-refractivity contribution in [3.63, 3.8) is 0 Å². The molecule has 7 heteroatoms. The van der Waals surface area contributed by atoms with E-state index in [9.17, 15) is 9.59 Å². The highest BCUT2D eigenvalue weighted by atomic mass is 16.4. The molecule has 86 valence electrons. The minimum atomic E-state index is -1.25. The molecule has 1 unspecified atom stereocenters. The van der Waals surface area contributed by atoms with Crippen LogP contribution in [0.25, 0.3) is 0 Å². The third-order valence-electron chi connectivity index (χ3n) is 2.71. The van der Waals surface area contributed by atoms with Crippen LogP contribution in [0.15, 0.2) is 17.2 Å². The topological polar surface area (TPSA) is 112 Å². The van der Waals surface area contributed by atoms with Crippen molar-refractivity contribution in [1.29, 1.82) is 0 Å². The molecular formula is C9H12N4O3. The average molecular weight is 224 g/mol. The number of nitrogens with zero attached hydrogens (tertiary/aromatic N) is 2. The van der Waals surface area contributed by atoms with Crippen LogP contribution in [0.2, 0.25) is 0 Å². The number of H-pyrrole nitrogens is 1. The van der Waals surface area contributed by atoms with E-state index in [2.05, 4.69) is 9.97 Å². The van der Waals surface area contributed by atoms with Crippen LogP contribution in [0.4, 0.5) is 5.82 Å². The number of aromatic nitrogens is 2. The van der Waals surface area contributed by atoms with Crippen molar-refractivity contribution in [1.82, 2.24) is 9.97 Å². The fraction of sp³-hybridized carbons (Fsp3) is 0.444. The van der Waals surface area contributed by atoms with Crippen LogP contribution >= 0.6 is 0 Å². The summed E-state index contributed by atoms with van der Waals surface area (Å²) in [6.07, 6.45) is 1.63. The van der Waals surface area contributed by atoms with Crippen molar-refractivity contribution < 1.29 is 9.90 Å². The summed E-state index contributed by atoms with van der Waals surface area (Å²) >= 11 is 0. The van der Waals surface area contributed by atoms with Gasteiger partial charge in [-0.2, -0.15) is 0 Å². The predicted octanol–water partition coefficient (Wildman–Crippen LogP) is -1.24. The van der Waals surface area contributed by atoms with Gasteiger partial charge in [-0.25, -0.2) is 4.98 Å². The van der Waals surface area contributed by atoms with Gasteiger partial charge in [-0.1, -0.05) is 0 Å². The van der Waals surface area contributed by atoms with Gasteiger partial charge in [-0.05, 0) is 6.42 Å². The molecule has 1 aromatic heterocycles. The molecule has 2 rings (SSSR count). The maximum atomic E-state index is 11.1. The van der Waals surface area contributed by atoms with Gasteiger partial charge >= 0.3 is 5.97 Å². The SMILES string of the molecule is NC1(C(=O)O)CCN(c2cc(=O)[nH]cn2)C1. The van der Waals surface area contributed by atoms with Crippen molar-refractivity contribution in [2.24, 2.45) is 5.73 Å². The molecule has 0 radical (unpaired) electrons. The summed E-state index contributed by atoms with van der Waals surface area (Å²) in [7, 11) is 0. The maximum absolute atomic E-state index is 11.1. The van der Waals surface area contributed by atoms with Crippen molar-refractivity contribution in [2.75, 3.05) is 18.0 Å². The van der Waals surface area contributed by atoms with Gasteiger partial charge in [0.1, 0.15) is 11.4 Å². The van der Waals surface area contributed by atoms with Gasteiger partial charge in [0.2, 0.25) is 0 Å². The number of carboxylic acid groups (broad SMARTS) is 1. The lowest BCUT2D eigenvalue weighted by molar-refractivity contribution is -0.142. The Morgan fingerprint density at radius 2 is 2.44 bits per heavy atom. The van der Waals surface area contributed by atoms with E-state index < -0.39 is 11.5 Å². The second-order valence-corrected chi connectivity index (χ2v) is 3.90. The summed E-state index contributed by atoms with van der Waals surface area (Å²) in [5.41, 5.74) is 4.20. The molecule has 16 heavy (non-hydrogen) atoms. The fourth-order valence-corrected chi connectivity index (χ4v) is 1.73. The molecule has 1 aliphatic heterocycles. The van der Waals surface area contributed by atoms with Gasteiger partial charge in [0.05, 0.1) is 6.33 Å². The lowest BCUT2D eigenvalue weighted by Gasteiger charge is -2.20. The molecular weight excluding hydrogens is 212 g/mol. The first-order valence-corrected chi connectivity index (χ1v) is 4.83.